The lowest BCUT2D eigenvalue weighted by Crippen LogP contribution is -2.48. The zero-order chi connectivity index (χ0) is 22.9. The van der Waals surface area contributed by atoms with Crippen LogP contribution in [0.2, 0.25) is 0 Å². The van der Waals surface area contributed by atoms with Gasteiger partial charge >= 0.3 is 0 Å². The van der Waals surface area contributed by atoms with E-state index in [1.54, 1.807) is 0 Å². The van der Waals surface area contributed by atoms with E-state index in [1.165, 1.54) is 16.3 Å². The first kappa shape index (κ1) is 28.4. The quantitative estimate of drug-likeness (QED) is 0.437. The average Bonchev–Trinajstić information content (AvgIpc) is 2.78. The summed E-state index contributed by atoms with van der Waals surface area (Å²) in [6.07, 6.45) is 3.24. The maximum absolute atomic E-state index is 12.8. The van der Waals surface area contributed by atoms with Crippen molar-refractivity contribution >= 4 is 29.1 Å². The Morgan fingerprint density at radius 1 is 1.03 bits per heavy atom. The average molecular weight is 462 g/mol. The van der Waals surface area contributed by atoms with Crippen molar-refractivity contribution in [3.8, 4) is 0 Å². The monoisotopic (exact) mass is 461 g/mol. The maximum Gasteiger partial charge on any atom is 0.234 e. The van der Waals surface area contributed by atoms with Crippen LogP contribution >= 0.6 is 12.4 Å². The Morgan fingerprint density at radius 2 is 1.69 bits per heavy atom. The van der Waals surface area contributed by atoms with Crippen LogP contribution in [-0.4, -0.2) is 62.5 Å². The summed E-state index contributed by atoms with van der Waals surface area (Å²) in [7, 11) is 4.27. The molecule has 1 amide bonds. The fourth-order valence-corrected chi connectivity index (χ4v) is 4.73. The Morgan fingerprint density at radius 3 is 2.31 bits per heavy atom. The van der Waals surface area contributed by atoms with Gasteiger partial charge in [0, 0.05) is 12.0 Å². The minimum Gasteiger partial charge on any atom is -0.354 e. The normalized spacial score (nSPS) is 14.2. The van der Waals surface area contributed by atoms with Crippen molar-refractivity contribution in [1.82, 2.24) is 15.1 Å². The summed E-state index contributed by atoms with van der Waals surface area (Å²) in [6.45, 7) is 12.8. The SMILES string of the molecule is CCC(C)C(CCCN(C)C)(CNC(=O)CN(CC)CC)c1cccc2ccccc12.Cl. The Kier molecular flexibility index (Phi) is 12.3. The molecule has 2 atom stereocenters. The topological polar surface area (TPSA) is 35.6 Å². The summed E-state index contributed by atoms with van der Waals surface area (Å²) in [4.78, 5) is 17.3. The van der Waals surface area contributed by atoms with E-state index in [9.17, 15) is 4.79 Å². The van der Waals surface area contributed by atoms with Gasteiger partial charge in [-0.1, -0.05) is 76.6 Å². The lowest BCUT2D eigenvalue weighted by molar-refractivity contribution is -0.122. The molecule has 0 aliphatic rings. The summed E-state index contributed by atoms with van der Waals surface area (Å²) in [5.41, 5.74) is 1.28. The lowest BCUT2D eigenvalue weighted by atomic mass is 9.65. The Bertz CT molecular complexity index is 816. The van der Waals surface area contributed by atoms with Gasteiger partial charge in [0.2, 0.25) is 5.91 Å². The molecule has 2 unspecified atom stereocenters. The smallest absolute Gasteiger partial charge is 0.234 e. The third kappa shape index (κ3) is 7.19. The van der Waals surface area contributed by atoms with Crippen LogP contribution in [0.25, 0.3) is 10.8 Å². The molecular formula is C27H44ClN3O. The Hall–Kier alpha value is -1.62. The summed E-state index contributed by atoms with van der Waals surface area (Å²) < 4.78 is 0. The first-order valence-corrected chi connectivity index (χ1v) is 12.0. The fourth-order valence-electron chi connectivity index (χ4n) is 4.73. The van der Waals surface area contributed by atoms with E-state index in [0.717, 1.165) is 38.9 Å². The van der Waals surface area contributed by atoms with Gasteiger partial charge in [-0.15, -0.1) is 12.4 Å². The minimum atomic E-state index is -0.0927. The second-order valence-corrected chi connectivity index (χ2v) is 9.14. The number of carbonyl (C=O) groups is 1. The number of nitrogens with zero attached hydrogens (tertiary/aromatic N) is 2. The van der Waals surface area contributed by atoms with E-state index < -0.39 is 0 Å². The number of likely N-dealkylation sites (N-methyl/N-ethyl adjacent to an activating group) is 1. The first-order chi connectivity index (χ1) is 14.9. The van der Waals surface area contributed by atoms with Gasteiger partial charge in [0.15, 0.2) is 0 Å². The van der Waals surface area contributed by atoms with E-state index in [2.05, 4.69) is 99.4 Å². The molecule has 0 bridgehead atoms. The number of rotatable bonds is 13. The highest BCUT2D eigenvalue weighted by Gasteiger charge is 2.38. The maximum atomic E-state index is 12.8. The summed E-state index contributed by atoms with van der Waals surface area (Å²) in [5, 5.41) is 5.93. The molecule has 0 spiro atoms. The van der Waals surface area contributed by atoms with Crippen LogP contribution in [-0.2, 0) is 10.2 Å². The second kappa shape index (κ2) is 13.8. The van der Waals surface area contributed by atoms with Crippen molar-refractivity contribution < 1.29 is 4.79 Å². The Labute approximate surface area is 202 Å². The van der Waals surface area contributed by atoms with Gasteiger partial charge in [-0.2, -0.15) is 0 Å². The van der Waals surface area contributed by atoms with Gasteiger partial charge in [0.25, 0.3) is 0 Å². The molecule has 0 saturated carbocycles. The Balaban J connectivity index is 0.00000512. The van der Waals surface area contributed by atoms with Crippen molar-refractivity contribution in [3.05, 3.63) is 48.0 Å². The third-order valence-corrected chi connectivity index (χ3v) is 6.97. The van der Waals surface area contributed by atoms with Gasteiger partial charge in [-0.3, -0.25) is 9.69 Å². The molecule has 5 heteroatoms. The van der Waals surface area contributed by atoms with E-state index in [4.69, 9.17) is 0 Å². The zero-order valence-electron chi connectivity index (χ0n) is 21.0. The van der Waals surface area contributed by atoms with Crippen LogP contribution in [0.5, 0.6) is 0 Å². The number of hydrogen-bond acceptors (Lipinski definition) is 3. The van der Waals surface area contributed by atoms with E-state index in [1.807, 2.05) is 0 Å². The summed E-state index contributed by atoms with van der Waals surface area (Å²) >= 11 is 0. The van der Waals surface area contributed by atoms with Crippen LogP contribution in [0, 0.1) is 5.92 Å². The van der Waals surface area contributed by atoms with E-state index in [-0.39, 0.29) is 23.7 Å². The molecule has 0 saturated heterocycles. The van der Waals surface area contributed by atoms with Gasteiger partial charge in [0.05, 0.1) is 6.54 Å². The molecule has 4 nitrogen and oxygen atoms in total. The number of carbonyl (C=O) groups excluding carboxylic acids is 1. The largest absolute Gasteiger partial charge is 0.354 e. The predicted molar refractivity (Wildman–Crippen MR) is 141 cm³/mol. The highest BCUT2D eigenvalue weighted by atomic mass is 35.5. The molecule has 0 aromatic heterocycles. The fraction of sp³-hybridized carbons (Fsp3) is 0.593. The number of amides is 1. The van der Waals surface area contributed by atoms with Crippen LogP contribution in [0.15, 0.2) is 42.5 Å². The molecule has 0 aliphatic carbocycles. The molecule has 0 heterocycles. The summed E-state index contributed by atoms with van der Waals surface area (Å²) in [6, 6.07) is 15.3. The first-order valence-electron chi connectivity index (χ1n) is 12.0. The van der Waals surface area contributed by atoms with Gasteiger partial charge in [-0.25, -0.2) is 0 Å². The molecule has 0 aliphatic heterocycles. The number of halogens is 1. The van der Waals surface area contributed by atoms with Crippen LogP contribution in [0.4, 0.5) is 0 Å². The van der Waals surface area contributed by atoms with E-state index in [0.29, 0.717) is 19.0 Å². The molecular weight excluding hydrogens is 418 g/mol. The molecule has 2 aromatic rings. The molecule has 32 heavy (non-hydrogen) atoms. The number of hydrogen-bond donors (Lipinski definition) is 1. The van der Waals surface area contributed by atoms with Crippen molar-refractivity contribution in [3.63, 3.8) is 0 Å². The van der Waals surface area contributed by atoms with E-state index >= 15 is 0 Å². The highest BCUT2D eigenvalue weighted by molar-refractivity contribution is 5.87. The number of fused-ring (bicyclic) bond motifs is 1. The van der Waals surface area contributed by atoms with Gasteiger partial charge in [-0.05, 0) is 68.8 Å². The van der Waals surface area contributed by atoms with Crippen molar-refractivity contribution in [2.24, 2.45) is 5.92 Å². The highest BCUT2D eigenvalue weighted by Crippen LogP contribution is 2.41. The number of benzene rings is 2. The van der Waals surface area contributed by atoms with Crippen molar-refractivity contribution in [2.75, 3.05) is 46.8 Å². The van der Waals surface area contributed by atoms with Gasteiger partial charge < -0.3 is 10.2 Å². The predicted octanol–water partition coefficient (Wildman–Crippen LogP) is 5.35. The van der Waals surface area contributed by atoms with Crippen molar-refractivity contribution in [1.29, 1.82) is 0 Å². The lowest BCUT2D eigenvalue weighted by Gasteiger charge is -2.41. The molecule has 0 fully saturated rings. The molecule has 2 aromatic carbocycles. The summed E-state index contributed by atoms with van der Waals surface area (Å²) in [5.74, 6) is 0.582. The standard InChI is InChI=1S/C27H43N3O.ClH/c1-7-22(4)27(18-13-19-29(5)6,21-28-26(31)20-30(8-2)9-3)25-17-12-15-23-14-10-11-16-24(23)25;/h10-12,14-17,22H,7-9,13,18-21H2,1-6H3,(H,28,31);1H. The minimum absolute atomic E-state index is 0. The molecule has 0 radical (unpaired) electrons. The van der Waals surface area contributed by atoms with Crippen LogP contribution in [0.3, 0.4) is 0 Å². The molecule has 1 N–H and O–H groups in total. The second-order valence-electron chi connectivity index (χ2n) is 9.14. The zero-order valence-corrected chi connectivity index (χ0v) is 21.8. The van der Waals surface area contributed by atoms with Crippen LogP contribution < -0.4 is 5.32 Å². The van der Waals surface area contributed by atoms with Crippen molar-refractivity contribution in [2.45, 2.75) is 52.4 Å². The van der Waals surface area contributed by atoms with Gasteiger partial charge in [0.1, 0.15) is 0 Å². The molecule has 2 rings (SSSR count). The van der Waals surface area contributed by atoms with Crippen LogP contribution in [0.1, 0.15) is 52.5 Å². The molecule has 180 valence electrons. The third-order valence-electron chi connectivity index (χ3n) is 6.97. The number of nitrogens with one attached hydrogen (secondary N) is 1.